The van der Waals surface area contributed by atoms with Crippen LogP contribution in [-0.4, -0.2) is 139 Å². The first-order valence-electron chi connectivity index (χ1n) is 20.9. The Morgan fingerprint density at radius 1 is 0.932 bits per heavy atom. The molecule has 2 atom stereocenters. The van der Waals surface area contributed by atoms with E-state index >= 15 is 0 Å². The molecule has 4 heterocycles. The molecule has 0 aromatic heterocycles. The number of halogens is 4. The standard InChI is InChI=1S/C42H57ClF3N7O6/c1-3-4-5-8-23-58-39(55)35-27-51(21-22-52(35)30-12-16-49(2)17-13-30)38(54)36(26-28-24-32(42(44,45)46)37(47)33(43)25-28)59-41(57)50-18-14-31(15-19-50)53-20-11-29-9-6-7-10-34(29)48-40(53)56/h6-7,9-10,24-25,30-31,35-36H,3-5,8,11-23,26-27,47H2,1-2H3,(H,48,56)/t35-,36+/m0/s1. The van der Waals surface area contributed by atoms with Crippen LogP contribution in [0.4, 0.5) is 34.1 Å². The lowest BCUT2D eigenvalue weighted by atomic mass is 9.98. The number of ether oxygens (including phenoxy) is 2. The number of carbonyl (C=O) groups is 4. The highest BCUT2D eigenvalue weighted by Crippen LogP contribution is 2.38. The summed E-state index contributed by atoms with van der Waals surface area (Å²) in [6, 6.07) is 8.69. The summed E-state index contributed by atoms with van der Waals surface area (Å²) in [4.78, 5) is 64.4. The number of para-hydroxylation sites is 1. The first-order valence-corrected chi connectivity index (χ1v) is 21.3. The molecule has 13 nitrogen and oxygen atoms in total. The summed E-state index contributed by atoms with van der Waals surface area (Å²) in [7, 11) is 2.05. The number of nitrogens with one attached hydrogen (secondary N) is 1. The first kappa shape index (κ1) is 44.3. The van der Waals surface area contributed by atoms with Gasteiger partial charge in [-0.15, -0.1) is 0 Å². The molecule has 6 rings (SSSR count). The number of carbonyl (C=O) groups excluding carboxylic acids is 4. The molecule has 0 spiro atoms. The molecule has 4 aliphatic rings. The Balaban J connectivity index is 1.18. The molecule has 0 radical (unpaired) electrons. The van der Waals surface area contributed by atoms with Gasteiger partial charge in [-0.25, -0.2) is 9.59 Å². The second-order valence-electron chi connectivity index (χ2n) is 16.2. The van der Waals surface area contributed by atoms with Gasteiger partial charge in [-0.05, 0) is 88.0 Å². The topological polar surface area (TPSA) is 141 Å². The predicted molar refractivity (Wildman–Crippen MR) is 218 cm³/mol. The van der Waals surface area contributed by atoms with E-state index in [0.717, 1.165) is 68.9 Å². The van der Waals surface area contributed by atoms with Gasteiger partial charge in [0.05, 0.1) is 22.9 Å². The fourth-order valence-electron chi connectivity index (χ4n) is 8.69. The maximum absolute atomic E-state index is 14.5. The summed E-state index contributed by atoms with van der Waals surface area (Å²) in [6.45, 7) is 5.60. The van der Waals surface area contributed by atoms with Crippen molar-refractivity contribution in [3.05, 3.63) is 58.1 Å². The molecule has 0 bridgehead atoms. The smallest absolute Gasteiger partial charge is 0.418 e. The fraction of sp³-hybridized carbons (Fsp3) is 0.619. The lowest BCUT2D eigenvalue weighted by Gasteiger charge is -2.46. The molecule has 3 saturated heterocycles. The SMILES string of the molecule is CCCCCCOC(=O)[C@@H]1CN(C(=O)[C@@H](Cc2cc(Cl)c(N)c(C(F)(F)F)c2)OC(=O)N2CCC(N3CCc4ccccc4NC3=O)CC2)CCN1C1CCN(C)CC1. The minimum absolute atomic E-state index is 0.00237. The zero-order valence-corrected chi connectivity index (χ0v) is 34.7. The van der Waals surface area contributed by atoms with Gasteiger partial charge in [-0.2, -0.15) is 13.2 Å². The van der Waals surface area contributed by atoms with E-state index in [1.54, 1.807) is 4.90 Å². The zero-order chi connectivity index (χ0) is 42.3. The largest absolute Gasteiger partial charge is 0.464 e. The number of piperazine rings is 1. The highest BCUT2D eigenvalue weighted by Gasteiger charge is 2.43. The van der Waals surface area contributed by atoms with Crippen LogP contribution in [0.2, 0.25) is 5.02 Å². The number of likely N-dealkylation sites (tertiary alicyclic amines) is 2. The molecule has 324 valence electrons. The summed E-state index contributed by atoms with van der Waals surface area (Å²) < 4.78 is 53.8. The molecule has 3 fully saturated rings. The van der Waals surface area contributed by atoms with Crippen LogP contribution in [0.15, 0.2) is 36.4 Å². The highest BCUT2D eigenvalue weighted by molar-refractivity contribution is 6.33. The van der Waals surface area contributed by atoms with Gasteiger partial charge in [0.15, 0.2) is 6.10 Å². The van der Waals surface area contributed by atoms with Crippen molar-refractivity contribution >= 4 is 47.0 Å². The predicted octanol–water partition coefficient (Wildman–Crippen LogP) is 6.27. The lowest BCUT2D eigenvalue weighted by Crippen LogP contribution is -2.63. The van der Waals surface area contributed by atoms with E-state index in [1.165, 1.54) is 15.9 Å². The molecule has 4 aliphatic heterocycles. The maximum atomic E-state index is 14.5. The number of rotatable bonds is 12. The average molecular weight is 848 g/mol. The fourth-order valence-corrected chi connectivity index (χ4v) is 8.93. The Morgan fingerprint density at radius 2 is 1.64 bits per heavy atom. The average Bonchev–Trinajstić information content (AvgIpc) is 3.39. The van der Waals surface area contributed by atoms with Crippen molar-refractivity contribution < 1.29 is 41.8 Å². The third-order valence-corrected chi connectivity index (χ3v) is 12.5. The Hall–Kier alpha value is -4.28. The van der Waals surface area contributed by atoms with Crippen LogP contribution in [0.3, 0.4) is 0 Å². The van der Waals surface area contributed by atoms with E-state index in [2.05, 4.69) is 29.1 Å². The maximum Gasteiger partial charge on any atom is 0.418 e. The molecule has 4 amide bonds. The number of nitrogen functional groups attached to an aromatic ring is 1. The summed E-state index contributed by atoms with van der Waals surface area (Å²) >= 11 is 6.18. The molecule has 0 aliphatic carbocycles. The number of piperidine rings is 2. The highest BCUT2D eigenvalue weighted by atomic mass is 35.5. The van der Waals surface area contributed by atoms with Crippen LogP contribution in [0.5, 0.6) is 0 Å². The minimum atomic E-state index is -4.83. The van der Waals surface area contributed by atoms with Gasteiger partial charge >= 0.3 is 24.3 Å². The van der Waals surface area contributed by atoms with Crippen LogP contribution in [0.25, 0.3) is 0 Å². The molecule has 2 aromatic carbocycles. The van der Waals surface area contributed by atoms with Gasteiger partial charge in [0.1, 0.15) is 6.04 Å². The van der Waals surface area contributed by atoms with E-state index in [4.69, 9.17) is 26.8 Å². The van der Waals surface area contributed by atoms with E-state index in [-0.39, 0.29) is 61.5 Å². The number of unbranched alkanes of at least 4 members (excludes halogenated alkanes) is 3. The van der Waals surface area contributed by atoms with Crippen molar-refractivity contribution in [2.45, 2.75) is 102 Å². The Morgan fingerprint density at radius 3 is 2.36 bits per heavy atom. The molecular weight excluding hydrogens is 791 g/mol. The van der Waals surface area contributed by atoms with Crippen molar-refractivity contribution in [2.24, 2.45) is 0 Å². The Labute approximate surface area is 349 Å². The van der Waals surface area contributed by atoms with Crippen molar-refractivity contribution in [1.82, 2.24) is 24.5 Å². The summed E-state index contributed by atoms with van der Waals surface area (Å²) in [5.74, 6) is -1.07. The van der Waals surface area contributed by atoms with E-state index in [1.807, 2.05) is 24.3 Å². The monoisotopic (exact) mass is 847 g/mol. The number of amides is 4. The summed E-state index contributed by atoms with van der Waals surface area (Å²) in [6.07, 6.45) is -0.597. The molecule has 2 aromatic rings. The number of esters is 1. The third-order valence-electron chi connectivity index (χ3n) is 12.1. The van der Waals surface area contributed by atoms with Gasteiger partial charge in [-0.1, -0.05) is 56.0 Å². The first-order chi connectivity index (χ1) is 28.2. The number of nitrogens with zero attached hydrogens (tertiary/aromatic N) is 5. The molecule has 3 N–H and O–H groups in total. The van der Waals surface area contributed by atoms with Crippen LogP contribution < -0.4 is 11.1 Å². The zero-order valence-electron chi connectivity index (χ0n) is 34.0. The van der Waals surface area contributed by atoms with E-state index in [0.29, 0.717) is 32.4 Å². The number of urea groups is 1. The van der Waals surface area contributed by atoms with Crippen LogP contribution in [-0.2, 0) is 38.1 Å². The number of fused-ring (bicyclic) bond motifs is 1. The normalized spacial score (nSPS) is 20.7. The molecule has 0 saturated carbocycles. The third kappa shape index (κ3) is 11.1. The summed E-state index contributed by atoms with van der Waals surface area (Å²) in [5, 5.41) is 2.64. The summed E-state index contributed by atoms with van der Waals surface area (Å²) in [5.41, 5.74) is 5.73. The van der Waals surface area contributed by atoms with Crippen LogP contribution >= 0.6 is 11.6 Å². The van der Waals surface area contributed by atoms with Crippen LogP contribution in [0.1, 0.15) is 75.0 Å². The number of nitrogens with two attached hydrogens (primary N) is 1. The van der Waals surface area contributed by atoms with Crippen molar-refractivity contribution in [3.63, 3.8) is 0 Å². The molecule has 59 heavy (non-hydrogen) atoms. The second kappa shape index (κ2) is 19.9. The van der Waals surface area contributed by atoms with Crippen molar-refractivity contribution in [1.29, 1.82) is 0 Å². The lowest BCUT2D eigenvalue weighted by molar-refractivity contribution is -0.159. The second-order valence-corrected chi connectivity index (χ2v) is 16.6. The minimum Gasteiger partial charge on any atom is -0.464 e. The van der Waals surface area contributed by atoms with Crippen molar-refractivity contribution in [2.75, 3.05) is 77.1 Å². The Bertz CT molecular complexity index is 1800. The number of hydrogen-bond acceptors (Lipinski definition) is 9. The Kier molecular flexibility index (Phi) is 14.9. The van der Waals surface area contributed by atoms with Gasteiger partial charge < -0.3 is 40.1 Å². The van der Waals surface area contributed by atoms with Crippen LogP contribution in [0, 0.1) is 0 Å². The molecular formula is C42H57ClF3N7O6. The number of hydrogen-bond donors (Lipinski definition) is 2. The van der Waals surface area contributed by atoms with E-state index < -0.39 is 54.0 Å². The molecule has 17 heteroatoms. The quantitative estimate of drug-likeness (QED) is 0.144. The van der Waals surface area contributed by atoms with Gasteiger partial charge in [0, 0.05) is 63.5 Å². The number of anilines is 2. The molecule has 0 unspecified atom stereocenters. The number of alkyl halides is 3. The van der Waals surface area contributed by atoms with Gasteiger partial charge in [-0.3, -0.25) is 14.5 Å². The van der Waals surface area contributed by atoms with E-state index in [9.17, 15) is 32.3 Å². The van der Waals surface area contributed by atoms with Crippen molar-refractivity contribution in [3.8, 4) is 0 Å². The number of benzene rings is 2. The van der Waals surface area contributed by atoms with Gasteiger partial charge in [0.25, 0.3) is 5.91 Å². The van der Waals surface area contributed by atoms with Gasteiger partial charge in [0.2, 0.25) is 0 Å².